The highest BCUT2D eigenvalue weighted by atomic mass is 35.5. The first-order valence-corrected chi connectivity index (χ1v) is 7.63. The standard InChI is InChI=1S/C15H20ClN3/c1-10-3-6-12(7-4-10)19-14(9-16)18-13-8-5-11(2)17-15(13)19/h5,8,10,12H,3-4,6-7,9H2,1-2H3. The molecule has 0 N–H and O–H groups in total. The molecule has 2 aromatic rings. The fourth-order valence-corrected chi connectivity index (χ4v) is 3.28. The SMILES string of the molecule is Cc1ccc2nc(CCl)n(C3CCC(C)CC3)c2n1. The minimum atomic E-state index is 0.460. The molecular weight excluding hydrogens is 258 g/mol. The van der Waals surface area contributed by atoms with Crippen LogP contribution < -0.4 is 0 Å². The first-order valence-electron chi connectivity index (χ1n) is 7.09. The Morgan fingerprint density at radius 2 is 1.95 bits per heavy atom. The number of fused-ring (bicyclic) bond motifs is 1. The second-order valence-electron chi connectivity index (χ2n) is 5.74. The van der Waals surface area contributed by atoms with Gasteiger partial charge in [0, 0.05) is 11.7 Å². The number of hydrogen-bond acceptors (Lipinski definition) is 2. The molecule has 0 bridgehead atoms. The lowest BCUT2D eigenvalue weighted by Crippen LogP contribution is -2.18. The number of halogens is 1. The molecule has 1 saturated carbocycles. The van der Waals surface area contributed by atoms with Crippen molar-refractivity contribution in [2.45, 2.75) is 51.5 Å². The third kappa shape index (κ3) is 2.36. The number of nitrogens with zero attached hydrogens (tertiary/aromatic N) is 3. The summed E-state index contributed by atoms with van der Waals surface area (Å²) >= 11 is 6.08. The fraction of sp³-hybridized carbons (Fsp3) is 0.600. The lowest BCUT2D eigenvalue weighted by molar-refractivity contribution is 0.290. The van der Waals surface area contributed by atoms with Crippen LogP contribution in [0.4, 0.5) is 0 Å². The molecule has 0 saturated heterocycles. The third-order valence-electron chi connectivity index (χ3n) is 4.22. The summed E-state index contributed by atoms with van der Waals surface area (Å²) in [5.74, 6) is 2.27. The van der Waals surface area contributed by atoms with Crippen molar-refractivity contribution in [2.75, 3.05) is 0 Å². The van der Waals surface area contributed by atoms with Gasteiger partial charge in [0.05, 0.1) is 5.88 Å². The Morgan fingerprint density at radius 3 is 2.63 bits per heavy atom. The van der Waals surface area contributed by atoms with E-state index in [2.05, 4.69) is 27.5 Å². The Bertz CT molecular complexity index is 582. The Hall–Kier alpha value is -1.09. The smallest absolute Gasteiger partial charge is 0.160 e. The number of rotatable bonds is 2. The maximum Gasteiger partial charge on any atom is 0.160 e. The van der Waals surface area contributed by atoms with Crippen molar-refractivity contribution in [3.05, 3.63) is 23.7 Å². The summed E-state index contributed by atoms with van der Waals surface area (Å²) in [7, 11) is 0. The molecule has 2 aromatic heterocycles. The van der Waals surface area contributed by atoms with Crippen molar-refractivity contribution in [3.63, 3.8) is 0 Å². The summed E-state index contributed by atoms with van der Waals surface area (Å²) in [5, 5.41) is 0. The van der Waals surface area contributed by atoms with Gasteiger partial charge in [-0.15, -0.1) is 11.6 Å². The van der Waals surface area contributed by atoms with Crippen LogP contribution in [0.3, 0.4) is 0 Å². The van der Waals surface area contributed by atoms with Gasteiger partial charge in [-0.2, -0.15) is 0 Å². The topological polar surface area (TPSA) is 30.7 Å². The van der Waals surface area contributed by atoms with E-state index in [9.17, 15) is 0 Å². The summed E-state index contributed by atoms with van der Waals surface area (Å²) in [4.78, 5) is 9.32. The number of aromatic nitrogens is 3. The molecule has 0 aliphatic heterocycles. The first-order chi connectivity index (χ1) is 9.19. The molecule has 102 valence electrons. The van der Waals surface area contributed by atoms with E-state index >= 15 is 0 Å². The summed E-state index contributed by atoms with van der Waals surface area (Å²) in [6.45, 7) is 4.37. The number of imidazole rings is 1. The maximum absolute atomic E-state index is 6.08. The van der Waals surface area contributed by atoms with Gasteiger partial charge in [0.1, 0.15) is 11.3 Å². The molecule has 0 aromatic carbocycles. The molecule has 3 nitrogen and oxygen atoms in total. The Morgan fingerprint density at radius 1 is 1.21 bits per heavy atom. The second-order valence-corrected chi connectivity index (χ2v) is 6.01. The van der Waals surface area contributed by atoms with Crippen LogP contribution >= 0.6 is 11.6 Å². The van der Waals surface area contributed by atoms with Crippen LogP contribution in [0.5, 0.6) is 0 Å². The molecule has 19 heavy (non-hydrogen) atoms. The van der Waals surface area contributed by atoms with Gasteiger partial charge in [0.15, 0.2) is 5.65 Å². The van der Waals surface area contributed by atoms with E-state index in [0.717, 1.165) is 28.6 Å². The molecule has 1 aliphatic carbocycles. The van der Waals surface area contributed by atoms with Gasteiger partial charge in [0.2, 0.25) is 0 Å². The van der Waals surface area contributed by atoms with Crippen LogP contribution in [-0.2, 0) is 5.88 Å². The first kappa shape index (κ1) is 12.9. The monoisotopic (exact) mass is 277 g/mol. The van der Waals surface area contributed by atoms with Gasteiger partial charge >= 0.3 is 0 Å². The zero-order valence-corrected chi connectivity index (χ0v) is 12.3. The number of aryl methyl sites for hydroxylation is 1. The average Bonchev–Trinajstić information content (AvgIpc) is 2.77. The van der Waals surface area contributed by atoms with Gasteiger partial charge < -0.3 is 4.57 Å². The van der Waals surface area contributed by atoms with E-state index in [1.165, 1.54) is 25.7 Å². The summed E-state index contributed by atoms with van der Waals surface area (Å²) in [6.07, 6.45) is 5.01. The molecule has 0 unspecified atom stereocenters. The van der Waals surface area contributed by atoms with Crippen LogP contribution in [0.25, 0.3) is 11.2 Å². The highest BCUT2D eigenvalue weighted by Gasteiger charge is 2.24. The van der Waals surface area contributed by atoms with E-state index in [-0.39, 0.29) is 0 Å². The van der Waals surface area contributed by atoms with Crippen LogP contribution in [0.1, 0.15) is 50.2 Å². The summed E-state index contributed by atoms with van der Waals surface area (Å²) in [5.41, 5.74) is 3.02. The maximum atomic E-state index is 6.08. The highest BCUT2D eigenvalue weighted by Crippen LogP contribution is 2.34. The highest BCUT2D eigenvalue weighted by molar-refractivity contribution is 6.16. The van der Waals surface area contributed by atoms with Crippen LogP contribution in [0, 0.1) is 12.8 Å². The summed E-state index contributed by atoms with van der Waals surface area (Å²) < 4.78 is 2.29. The molecule has 0 spiro atoms. The zero-order chi connectivity index (χ0) is 13.4. The van der Waals surface area contributed by atoms with Crippen molar-refractivity contribution in [2.24, 2.45) is 5.92 Å². The third-order valence-corrected chi connectivity index (χ3v) is 4.46. The molecule has 1 fully saturated rings. The Kier molecular flexibility index (Phi) is 3.48. The normalized spacial score (nSPS) is 23.9. The van der Waals surface area contributed by atoms with Gasteiger partial charge in [-0.3, -0.25) is 0 Å². The van der Waals surface area contributed by atoms with E-state index in [0.29, 0.717) is 11.9 Å². The average molecular weight is 278 g/mol. The van der Waals surface area contributed by atoms with Crippen LogP contribution in [0.15, 0.2) is 12.1 Å². The molecule has 0 atom stereocenters. The van der Waals surface area contributed by atoms with Crippen molar-refractivity contribution in [1.82, 2.24) is 14.5 Å². The largest absolute Gasteiger partial charge is 0.309 e. The van der Waals surface area contributed by atoms with Gasteiger partial charge in [-0.1, -0.05) is 6.92 Å². The number of pyridine rings is 1. The molecular formula is C15H20ClN3. The van der Waals surface area contributed by atoms with Crippen molar-refractivity contribution in [1.29, 1.82) is 0 Å². The molecule has 1 aliphatic rings. The minimum absolute atomic E-state index is 0.460. The lowest BCUT2D eigenvalue weighted by atomic mass is 9.87. The van der Waals surface area contributed by atoms with Gasteiger partial charge in [-0.25, -0.2) is 9.97 Å². The number of alkyl halides is 1. The van der Waals surface area contributed by atoms with Crippen molar-refractivity contribution in [3.8, 4) is 0 Å². The quantitative estimate of drug-likeness (QED) is 0.769. The van der Waals surface area contributed by atoms with E-state index < -0.39 is 0 Å². The van der Waals surface area contributed by atoms with Crippen LogP contribution in [0.2, 0.25) is 0 Å². The van der Waals surface area contributed by atoms with E-state index in [1.54, 1.807) is 0 Å². The van der Waals surface area contributed by atoms with Crippen molar-refractivity contribution >= 4 is 22.8 Å². The van der Waals surface area contributed by atoms with E-state index in [1.807, 2.05) is 13.0 Å². The molecule has 0 radical (unpaired) electrons. The second kappa shape index (κ2) is 5.12. The molecule has 3 rings (SSSR count). The van der Waals surface area contributed by atoms with E-state index in [4.69, 9.17) is 11.6 Å². The predicted molar refractivity (Wildman–Crippen MR) is 78.5 cm³/mol. The lowest BCUT2D eigenvalue weighted by Gasteiger charge is -2.28. The fourth-order valence-electron chi connectivity index (χ4n) is 3.09. The number of hydrogen-bond donors (Lipinski definition) is 0. The minimum Gasteiger partial charge on any atom is -0.309 e. The predicted octanol–water partition coefficient (Wildman–Crippen LogP) is 4.23. The van der Waals surface area contributed by atoms with Crippen molar-refractivity contribution < 1.29 is 0 Å². The zero-order valence-electron chi connectivity index (χ0n) is 11.6. The molecule has 0 amide bonds. The van der Waals surface area contributed by atoms with Gasteiger partial charge in [0.25, 0.3) is 0 Å². The van der Waals surface area contributed by atoms with Gasteiger partial charge in [-0.05, 0) is 50.7 Å². The Balaban J connectivity index is 2.07. The van der Waals surface area contributed by atoms with Crippen LogP contribution in [-0.4, -0.2) is 14.5 Å². The molecule has 4 heteroatoms. The summed E-state index contributed by atoms with van der Waals surface area (Å²) in [6, 6.07) is 4.58. The Labute approximate surface area is 119 Å². The molecule has 2 heterocycles.